The first-order valence-corrected chi connectivity index (χ1v) is 9.96. The van der Waals surface area contributed by atoms with Gasteiger partial charge in [-0.2, -0.15) is 0 Å². The Morgan fingerprint density at radius 2 is 1.47 bits per heavy atom. The van der Waals surface area contributed by atoms with E-state index in [2.05, 4.69) is 0 Å². The van der Waals surface area contributed by atoms with Crippen molar-refractivity contribution in [1.29, 1.82) is 0 Å². The molecule has 0 aromatic heterocycles. The summed E-state index contributed by atoms with van der Waals surface area (Å²) < 4.78 is 15.7. The molecule has 1 aromatic carbocycles. The third-order valence-corrected chi connectivity index (χ3v) is 5.24. The van der Waals surface area contributed by atoms with Gasteiger partial charge in [0.2, 0.25) is 0 Å². The number of rotatable bonds is 4. The highest BCUT2D eigenvalue weighted by molar-refractivity contribution is 5.90. The molecule has 0 amide bonds. The number of hydrogen-bond acceptors (Lipinski definition) is 8. The Morgan fingerprint density at radius 1 is 0.967 bits per heavy atom. The number of phenols is 1. The van der Waals surface area contributed by atoms with E-state index >= 15 is 0 Å². The standard InChI is InChI=1S/C22H34O8/c1-21(2,3)12-8-11(9-13(15(12)23)22(4,5)6)19(27)29-10-14-16(24)17(25)18(26)20(28-7)30-14/h8-9,14,16-18,20,23-26H,10H2,1-7H3. The van der Waals surface area contributed by atoms with Gasteiger partial charge in [0.1, 0.15) is 36.8 Å². The van der Waals surface area contributed by atoms with E-state index in [1.807, 2.05) is 41.5 Å². The number of methoxy groups -OCH3 is 1. The van der Waals surface area contributed by atoms with Gasteiger partial charge in [-0.15, -0.1) is 0 Å². The highest BCUT2D eigenvalue weighted by atomic mass is 16.7. The summed E-state index contributed by atoms with van der Waals surface area (Å²) in [4.78, 5) is 12.8. The summed E-state index contributed by atoms with van der Waals surface area (Å²) in [6, 6.07) is 3.20. The van der Waals surface area contributed by atoms with Gasteiger partial charge < -0.3 is 34.6 Å². The van der Waals surface area contributed by atoms with Gasteiger partial charge in [0.15, 0.2) is 6.29 Å². The van der Waals surface area contributed by atoms with Crippen molar-refractivity contribution in [3.8, 4) is 5.75 Å². The van der Waals surface area contributed by atoms with Crippen LogP contribution in [0.3, 0.4) is 0 Å². The number of phenolic OH excluding ortho intramolecular Hbond substituents is 1. The van der Waals surface area contributed by atoms with E-state index in [9.17, 15) is 25.2 Å². The molecule has 1 saturated heterocycles. The SMILES string of the molecule is COC1OC(COC(=O)c2cc(C(C)(C)C)c(O)c(C(C)(C)C)c2)C(O)C(O)C1O. The van der Waals surface area contributed by atoms with Crippen molar-refractivity contribution in [2.24, 2.45) is 0 Å². The van der Waals surface area contributed by atoms with Crippen LogP contribution in [-0.4, -0.2) is 70.8 Å². The first kappa shape index (κ1) is 24.6. The predicted octanol–water partition coefficient (Wildman–Crippen LogP) is 1.60. The van der Waals surface area contributed by atoms with E-state index in [0.29, 0.717) is 11.1 Å². The number of carbonyl (C=O) groups is 1. The summed E-state index contributed by atoms with van der Waals surface area (Å²) in [6.45, 7) is 11.3. The molecule has 0 bridgehead atoms. The van der Waals surface area contributed by atoms with E-state index in [4.69, 9.17) is 14.2 Å². The van der Waals surface area contributed by atoms with Gasteiger partial charge in [0, 0.05) is 18.2 Å². The summed E-state index contributed by atoms with van der Waals surface area (Å²) >= 11 is 0. The molecular weight excluding hydrogens is 392 g/mol. The van der Waals surface area contributed by atoms with E-state index < -0.39 is 47.5 Å². The molecule has 1 aliphatic rings. The van der Waals surface area contributed by atoms with Crippen molar-refractivity contribution in [3.05, 3.63) is 28.8 Å². The molecule has 170 valence electrons. The molecule has 0 radical (unpaired) electrons. The molecule has 2 rings (SSSR count). The van der Waals surface area contributed by atoms with E-state index in [1.54, 1.807) is 12.1 Å². The number of aliphatic hydroxyl groups is 3. The van der Waals surface area contributed by atoms with Crippen LogP contribution in [0.4, 0.5) is 0 Å². The number of aliphatic hydroxyl groups excluding tert-OH is 3. The quantitative estimate of drug-likeness (QED) is 0.535. The van der Waals surface area contributed by atoms with Crippen LogP contribution in [-0.2, 0) is 25.0 Å². The summed E-state index contributed by atoms with van der Waals surface area (Å²) in [6.07, 6.45) is -6.59. The van der Waals surface area contributed by atoms with Crippen LogP contribution in [0, 0.1) is 0 Å². The van der Waals surface area contributed by atoms with Gasteiger partial charge in [-0.25, -0.2) is 4.79 Å². The van der Waals surface area contributed by atoms with Crippen LogP contribution in [0.25, 0.3) is 0 Å². The van der Waals surface area contributed by atoms with E-state index in [1.165, 1.54) is 7.11 Å². The van der Waals surface area contributed by atoms with Gasteiger partial charge in [0.05, 0.1) is 5.56 Å². The van der Waals surface area contributed by atoms with Gasteiger partial charge >= 0.3 is 5.97 Å². The fourth-order valence-corrected chi connectivity index (χ4v) is 3.39. The largest absolute Gasteiger partial charge is 0.507 e. The lowest BCUT2D eigenvalue weighted by Gasteiger charge is -2.39. The van der Waals surface area contributed by atoms with Gasteiger partial charge in [-0.05, 0) is 23.0 Å². The minimum Gasteiger partial charge on any atom is -0.507 e. The average molecular weight is 427 g/mol. The molecule has 1 aromatic rings. The van der Waals surface area contributed by atoms with E-state index in [0.717, 1.165) is 0 Å². The summed E-state index contributed by atoms with van der Waals surface area (Å²) in [7, 11) is 1.29. The zero-order valence-corrected chi connectivity index (χ0v) is 18.7. The van der Waals surface area contributed by atoms with Crippen LogP contribution < -0.4 is 0 Å². The number of hydrogen-bond donors (Lipinski definition) is 4. The van der Waals surface area contributed by atoms with Crippen LogP contribution >= 0.6 is 0 Å². The topological polar surface area (TPSA) is 126 Å². The monoisotopic (exact) mass is 426 g/mol. The van der Waals surface area contributed by atoms with Crippen molar-refractivity contribution in [2.75, 3.05) is 13.7 Å². The molecule has 1 heterocycles. The summed E-state index contributed by atoms with van der Waals surface area (Å²) in [5, 5.41) is 40.7. The lowest BCUT2D eigenvalue weighted by Crippen LogP contribution is -2.59. The third kappa shape index (κ3) is 5.12. The lowest BCUT2D eigenvalue weighted by molar-refractivity contribution is -0.294. The number of ether oxygens (including phenoxy) is 3. The highest BCUT2D eigenvalue weighted by Crippen LogP contribution is 2.40. The molecule has 0 saturated carbocycles. The molecule has 0 spiro atoms. The second-order valence-electron chi connectivity index (χ2n) is 9.77. The second kappa shape index (κ2) is 8.80. The minimum absolute atomic E-state index is 0.151. The molecule has 5 unspecified atom stereocenters. The Morgan fingerprint density at radius 3 is 1.90 bits per heavy atom. The van der Waals surface area contributed by atoms with Crippen molar-refractivity contribution in [3.63, 3.8) is 0 Å². The Bertz CT molecular complexity index is 724. The molecule has 4 N–H and O–H groups in total. The molecule has 8 heteroatoms. The van der Waals surface area contributed by atoms with Gasteiger partial charge in [-0.1, -0.05) is 41.5 Å². The van der Waals surface area contributed by atoms with Gasteiger partial charge in [0.25, 0.3) is 0 Å². The first-order valence-electron chi connectivity index (χ1n) is 9.96. The number of benzene rings is 1. The molecular formula is C22H34O8. The number of esters is 1. The predicted molar refractivity (Wildman–Crippen MR) is 109 cm³/mol. The molecule has 30 heavy (non-hydrogen) atoms. The lowest BCUT2D eigenvalue weighted by atomic mass is 9.78. The van der Waals surface area contributed by atoms with Crippen molar-refractivity contribution in [2.45, 2.75) is 83.1 Å². The number of carbonyl (C=O) groups excluding carboxylic acids is 1. The van der Waals surface area contributed by atoms with Gasteiger partial charge in [-0.3, -0.25) is 0 Å². The smallest absolute Gasteiger partial charge is 0.338 e. The molecule has 5 atom stereocenters. The van der Waals surface area contributed by atoms with Crippen LogP contribution in [0.2, 0.25) is 0 Å². The highest BCUT2D eigenvalue weighted by Gasteiger charge is 2.44. The maximum absolute atomic E-state index is 12.8. The average Bonchev–Trinajstić information content (AvgIpc) is 2.63. The minimum atomic E-state index is -1.50. The Hall–Kier alpha value is -1.71. The van der Waals surface area contributed by atoms with Crippen LogP contribution in [0.1, 0.15) is 63.0 Å². The molecule has 0 aliphatic carbocycles. The molecule has 8 nitrogen and oxygen atoms in total. The van der Waals surface area contributed by atoms with Crippen molar-refractivity contribution < 1.29 is 39.4 Å². The second-order valence-corrected chi connectivity index (χ2v) is 9.77. The normalized spacial score (nSPS) is 27.7. The molecule has 1 fully saturated rings. The summed E-state index contributed by atoms with van der Waals surface area (Å²) in [5.41, 5.74) is 0.684. The van der Waals surface area contributed by atoms with Crippen molar-refractivity contribution >= 4 is 5.97 Å². The maximum atomic E-state index is 12.8. The van der Waals surface area contributed by atoms with Crippen LogP contribution in [0.5, 0.6) is 5.75 Å². The summed E-state index contributed by atoms with van der Waals surface area (Å²) in [5.74, 6) is -0.506. The Balaban J connectivity index is 2.27. The molecule has 1 aliphatic heterocycles. The fourth-order valence-electron chi connectivity index (χ4n) is 3.39. The zero-order valence-electron chi connectivity index (χ0n) is 18.7. The van der Waals surface area contributed by atoms with E-state index in [-0.39, 0.29) is 17.9 Å². The zero-order chi connectivity index (χ0) is 23.0. The first-order chi connectivity index (χ1) is 13.7. The number of aromatic hydroxyl groups is 1. The third-order valence-electron chi connectivity index (χ3n) is 5.24. The fraction of sp³-hybridized carbons (Fsp3) is 0.682. The van der Waals surface area contributed by atoms with Crippen molar-refractivity contribution in [1.82, 2.24) is 0 Å². The maximum Gasteiger partial charge on any atom is 0.338 e. The Kier molecular flexibility index (Phi) is 7.21. The Labute approximate surface area is 177 Å². The van der Waals surface area contributed by atoms with Crippen LogP contribution in [0.15, 0.2) is 12.1 Å².